The van der Waals surface area contributed by atoms with Gasteiger partial charge in [-0.05, 0) is 29.8 Å². The minimum atomic E-state index is -0.720. The number of carbonyl (C=O) groups is 1. The number of phenols is 1. The third-order valence-electron chi connectivity index (χ3n) is 2.96. The van der Waals surface area contributed by atoms with Crippen LogP contribution in [0, 0.1) is 21.4 Å². The molecule has 2 aromatic rings. The smallest absolute Gasteiger partial charge is 0.271 e. The van der Waals surface area contributed by atoms with Gasteiger partial charge in [0.25, 0.3) is 11.6 Å². The van der Waals surface area contributed by atoms with E-state index < -0.39 is 10.8 Å². The highest BCUT2D eigenvalue weighted by Crippen LogP contribution is 2.25. The van der Waals surface area contributed by atoms with E-state index in [0.717, 1.165) is 0 Å². The van der Waals surface area contributed by atoms with E-state index in [4.69, 9.17) is 16.9 Å². The minimum Gasteiger partial charge on any atom is -0.506 e. The predicted octanol–water partition coefficient (Wildman–Crippen LogP) is 3.50. The van der Waals surface area contributed by atoms with Crippen molar-refractivity contribution in [2.75, 3.05) is 5.32 Å². The van der Waals surface area contributed by atoms with E-state index in [1.54, 1.807) is 6.07 Å². The molecule has 7 nitrogen and oxygen atoms in total. The van der Waals surface area contributed by atoms with Crippen LogP contribution in [0.2, 0.25) is 5.02 Å². The fourth-order valence-electron chi connectivity index (χ4n) is 1.82. The Morgan fingerprint density at radius 1 is 1.33 bits per heavy atom. The third kappa shape index (κ3) is 4.09. The molecule has 0 bridgehead atoms. The summed E-state index contributed by atoms with van der Waals surface area (Å²) in [5, 5.41) is 31.7. The number of nitrogens with one attached hydrogen (secondary N) is 1. The second-order valence-corrected chi connectivity index (χ2v) is 5.05. The highest BCUT2D eigenvalue weighted by molar-refractivity contribution is 6.32. The highest BCUT2D eigenvalue weighted by Gasteiger charge is 2.12. The molecule has 2 aromatic carbocycles. The standard InChI is InChI=1S/C16H10ClN3O4/c17-14-7-10(4-5-15(14)21)6-11(9-18)16(22)19-12-2-1-3-13(8-12)20(23)24/h1-8,21H,(H,19,22)/b11-6+. The number of anilines is 1. The average molecular weight is 344 g/mol. The molecule has 0 saturated carbocycles. The molecule has 0 spiro atoms. The van der Waals surface area contributed by atoms with Crippen LogP contribution >= 0.6 is 11.6 Å². The van der Waals surface area contributed by atoms with Crippen molar-refractivity contribution in [3.63, 3.8) is 0 Å². The molecule has 0 heterocycles. The SMILES string of the molecule is N#C/C(=C\c1ccc(O)c(Cl)c1)C(=O)Nc1cccc([N+](=O)[O-])c1. The maximum atomic E-state index is 12.1. The molecule has 0 aliphatic carbocycles. The van der Waals surface area contributed by atoms with Crippen LogP contribution < -0.4 is 5.32 Å². The fourth-order valence-corrected chi connectivity index (χ4v) is 2.01. The number of phenolic OH excluding ortho intramolecular Hbond substituents is 1. The summed E-state index contributed by atoms with van der Waals surface area (Å²) in [6.07, 6.45) is 1.29. The number of halogens is 1. The van der Waals surface area contributed by atoms with Crippen LogP contribution in [0.3, 0.4) is 0 Å². The first-order valence-corrected chi connectivity index (χ1v) is 6.94. The number of hydrogen-bond donors (Lipinski definition) is 2. The zero-order valence-electron chi connectivity index (χ0n) is 12.1. The van der Waals surface area contributed by atoms with Gasteiger partial charge in [-0.3, -0.25) is 14.9 Å². The van der Waals surface area contributed by atoms with Gasteiger partial charge < -0.3 is 10.4 Å². The van der Waals surface area contributed by atoms with Gasteiger partial charge in [0, 0.05) is 17.8 Å². The molecule has 1 amide bonds. The van der Waals surface area contributed by atoms with Crippen LogP contribution in [-0.4, -0.2) is 15.9 Å². The minimum absolute atomic E-state index is 0.0835. The number of amides is 1. The van der Waals surface area contributed by atoms with Gasteiger partial charge in [-0.25, -0.2) is 0 Å². The van der Waals surface area contributed by atoms with Gasteiger partial charge >= 0.3 is 0 Å². The molecule has 0 saturated heterocycles. The van der Waals surface area contributed by atoms with E-state index in [1.807, 2.05) is 0 Å². The van der Waals surface area contributed by atoms with Gasteiger partial charge in [-0.2, -0.15) is 5.26 Å². The zero-order valence-corrected chi connectivity index (χ0v) is 12.8. The second-order valence-electron chi connectivity index (χ2n) is 4.64. The Morgan fingerprint density at radius 2 is 2.08 bits per heavy atom. The number of nitro groups is 1. The number of benzene rings is 2. The number of non-ortho nitro benzene ring substituents is 1. The number of hydrogen-bond acceptors (Lipinski definition) is 5. The van der Waals surface area contributed by atoms with Crippen molar-refractivity contribution in [3.8, 4) is 11.8 Å². The molecule has 0 aliphatic rings. The largest absolute Gasteiger partial charge is 0.506 e. The van der Waals surface area contributed by atoms with Crippen LogP contribution in [0.15, 0.2) is 48.0 Å². The normalized spacial score (nSPS) is 10.8. The number of carbonyl (C=O) groups excluding carboxylic acids is 1. The van der Waals surface area contributed by atoms with E-state index in [-0.39, 0.29) is 27.7 Å². The topological polar surface area (TPSA) is 116 Å². The molecule has 0 aromatic heterocycles. The van der Waals surface area contributed by atoms with Gasteiger partial charge in [-0.15, -0.1) is 0 Å². The molecule has 0 atom stereocenters. The summed E-state index contributed by atoms with van der Waals surface area (Å²) in [4.78, 5) is 22.3. The Kier molecular flexibility index (Phi) is 5.14. The molecule has 0 radical (unpaired) electrons. The molecule has 0 fully saturated rings. The maximum absolute atomic E-state index is 12.1. The van der Waals surface area contributed by atoms with Crippen molar-refractivity contribution in [1.29, 1.82) is 5.26 Å². The third-order valence-corrected chi connectivity index (χ3v) is 3.27. The van der Waals surface area contributed by atoms with Crippen molar-refractivity contribution >= 4 is 35.0 Å². The first-order chi connectivity index (χ1) is 11.4. The highest BCUT2D eigenvalue weighted by atomic mass is 35.5. The Labute approximate surface area is 141 Å². The van der Waals surface area contributed by atoms with Crippen molar-refractivity contribution in [2.45, 2.75) is 0 Å². The lowest BCUT2D eigenvalue weighted by Crippen LogP contribution is -2.13. The molecule has 120 valence electrons. The number of nitriles is 1. The van der Waals surface area contributed by atoms with E-state index in [1.165, 1.54) is 48.5 Å². The summed E-state index contributed by atoms with van der Waals surface area (Å²) in [6, 6.07) is 11.3. The Balaban J connectivity index is 2.24. The summed E-state index contributed by atoms with van der Waals surface area (Å²) >= 11 is 5.77. The van der Waals surface area contributed by atoms with Crippen molar-refractivity contribution < 1.29 is 14.8 Å². The van der Waals surface area contributed by atoms with E-state index in [0.29, 0.717) is 5.56 Å². The zero-order chi connectivity index (χ0) is 17.7. The molecule has 24 heavy (non-hydrogen) atoms. The van der Waals surface area contributed by atoms with Gasteiger partial charge in [0.1, 0.15) is 17.4 Å². The van der Waals surface area contributed by atoms with Gasteiger partial charge in [-0.1, -0.05) is 23.7 Å². The quantitative estimate of drug-likeness (QED) is 0.381. The van der Waals surface area contributed by atoms with Gasteiger partial charge in [0.2, 0.25) is 0 Å². The molecule has 8 heteroatoms. The van der Waals surface area contributed by atoms with Crippen molar-refractivity contribution in [3.05, 3.63) is 68.7 Å². The van der Waals surface area contributed by atoms with Crippen LogP contribution in [0.4, 0.5) is 11.4 Å². The fraction of sp³-hybridized carbons (Fsp3) is 0. The van der Waals surface area contributed by atoms with Gasteiger partial charge in [0.05, 0.1) is 9.95 Å². The summed E-state index contributed by atoms with van der Waals surface area (Å²) in [5.74, 6) is -0.837. The predicted molar refractivity (Wildman–Crippen MR) is 88.4 cm³/mol. The maximum Gasteiger partial charge on any atom is 0.271 e. The monoisotopic (exact) mass is 343 g/mol. The Hall–Kier alpha value is -3.37. The molecular formula is C16H10ClN3O4. The lowest BCUT2D eigenvalue weighted by atomic mass is 10.1. The number of rotatable bonds is 4. The van der Waals surface area contributed by atoms with E-state index in [9.17, 15) is 20.0 Å². The van der Waals surface area contributed by atoms with Crippen LogP contribution in [0.5, 0.6) is 5.75 Å². The molecule has 0 unspecified atom stereocenters. The van der Waals surface area contributed by atoms with Crippen LogP contribution in [-0.2, 0) is 4.79 Å². The number of nitro benzene ring substituents is 1. The first-order valence-electron chi connectivity index (χ1n) is 6.57. The lowest BCUT2D eigenvalue weighted by Gasteiger charge is -2.04. The molecular weight excluding hydrogens is 334 g/mol. The Bertz CT molecular complexity index is 887. The summed E-state index contributed by atoms with van der Waals surface area (Å²) in [7, 11) is 0. The van der Waals surface area contributed by atoms with E-state index >= 15 is 0 Å². The lowest BCUT2D eigenvalue weighted by molar-refractivity contribution is -0.384. The van der Waals surface area contributed by atoms with E-state index in [2.05, 4.69) is 5.32 Å². The molecule has 2 rings (SSSR count). The number of nitrogens with zero attached hydrogens (tertiary/aromatic N) is 2. The number of aromatic hydroxyl groups is 1. The van der Waals surface area contributed by atoms with Crippen LogP contribution in [0.25, 0.3) is 6.08 Å². The molecule has 0 aliphatic heterocycles. The Morgan fingerprint density at radius 3 is 2.71 bits per heavy atom. The first kappa shape index (κ1) is 17.0. The average Bonchev–Trinajstić information content (AvgIpc) is 2.55. The summed E-state index contributed by atoms with van der Waals surface area (Å²) < 4.78 is 0. The van der Waals surface area contributed by atoms with Crippen molar-refractivity contribution in [1.82, 2.24) is 0 Å². The van der Waals surface area contributed by atoms with Gasteiger partial charge in [0.15, 0.2) is 0 Å². The summed E-state index contributed by atoms with van der Waals surface area (Å²) in [6.45, 7) is 0. The molecule has 2 N–H and O–H groups in total. The summed E-state index contributed by atoms with van der Waals surface area (Å²) in [5.41, 5.74) is 0.242. The van der Waals surface area contributed by atoms with Crippen molar-refractivity contribution in [2.24, 2.45) is 0 Å². The second kappa shape index (κ2) is 7.26. The van der Waals surface area contributed by atoms with Crippen LogP contribution in [0.1, 0.15) is 5.56 Å².